The second kappa shape index (κ2) is 5.62. The number of aliphatic carboxylic acids is 1. The number of aromatic nitrogens is 2. The van der Waals surface area contributed by atoms with Crippen molar-refractivity contribution in [3.05, 3.63) is 18.0 Å². The SMILES string of the molecule is CC1CCCN(C(=O)C(N)c2cnn(C)c2)C1C(=O)O. The van der Waals surface area contributed by atoms with Crippen LogP contribution in [0.25, 0.3) is 0 Å². The Morgan fingerprint density at radius 2 is 2.25 bits per heavy atom. The van der Waals surface area contributed by atoms with Gasteiger partial charge in [0.05, 0.1) is 6.20 Å². The largest absolute Gasteiger partial charge is 0.480 e. The second-order valence-corrected chi connectivity index (χ2v) is 5.36. The van der Waals surface area contributed by atoms with Crippen LogP contribution in [0.4, 0.5) is 0 Å². The van der Waals surface area contributed by atoms with Gasteiger partial charge in [0, 0.05) is 25.4 Å². The van der Waals surface area contributed by atoms with Crippen LogP contribution >= 0.6 is 0 Å². The first kappa shape index (κ1) is 14.5. The zero-order valence-corrected chi connectivity index (χ0v) is 11.7. The average molecular weight is 280 g/mol. The Bertz CT molecular complexity index is 513. The van der Waals surface area contributed by atoms with E-state index >= 15 is 0 Å². The van der Waals surface area contributed by atoms with Gasteiger partial charge >= 0.3 is 5.97 Å². The number of carboxylic acids is 1. The number of aryl methyl sites for hydroxylation is 1. The highest BCUT2D eigenvalue weighted by Gasteiger charge is 2.39. The fourth-order valence-electron chi connectivity index (χ4n) is 2.73. The van der Waals surface area contributed by atoms with E-state index < -0.39 is 18.1 Å². The zero-order valence-electron chi connectivity index (χ0n) is 11.7. The average Bonchev–Trinajstić information content (AvgIpc) is 2.83. The van der Waals surface area contributed by atoms with Crippen molar-refractivity contribution in [2.45, 2.75) is 31.8 Å². The molecule has 1 aliphatic rings. The van der Waals surface area contributed by atoms with Gasteiger partial charge in [0.25, 0.3) is 0 Å². The van der Waals surface area contributed by atoms with Gasteiger partial charge in [0.15, 0.2) is 0 Å². The van der Waals surface area contributed by atoms with Crippen LogP contribution in [0.1, 0.15) is 31.4 Å². The first-order chi connectivity index (χ1) is 9.41. The Morgan fingerprint density at radius 1 is 1.55 bits per heavy atom. The van der Waals surface area contributed by atoms with Gasteiger partial charge in [-0.05, 0) is 18.8 Å². The molecule has 7 heteroatoms. The van der Waals surface area contributed by atoms with Crippen molar-refractivity contribution in [1.29, 1.82) is 0 Å². The number of carboxylic acid groups (broad SMARTS) is 1. The molecule has 2 heterocycles. The van der Waals surface area contributed by atoms with Crippen molar-refractivity contribution in [3.8, 4) is 0 Å². The van der Waals surface area contributed by atoms with E-state index in [-0.39, 0.29) is 11.8 Å². The summed E-state index contributed by atoms with van der Waals surface area (Å²) >= 11 is 0. The van der Waals surface area contributed by atoms with E-state index in [1.54, 1.807) is 17.9 Å². The molecule has 1 saturated heterocycles. The molecule has 1 aromatic rings. The van der Waals surface area contributed by atoms with Crippen molar-refractivity contribution in [3.63, 3.8) is 0 Å². The molecular formula is C13H20N4O3. The summed E-state index contributed by atoms with van der Waals surface area (Å²) in [5.74, 6) is -1.38. The van der Waals surface area contributed by atoms with Gasteiger partial charge in [-0.25, -0.2) is 4.79 Å². The molecule has 110 valence electrons. The first-order valence-electron chi connectivity index (χ1n) is 6.69. The van der Waals surface area contributed by atoms with Crippen molar-refractivity contribution in [2.75, 3.05) is 6.54 Å². The summed E-state index contributed by atoms with van der Waals surface area (Å²) in [6, 6.07) is -1.66. The maximum Gasteiger partial charge on any atom is 0.326 e. The second-order valence-electron chi connectivity index (χ2n) is 5.36. The third kappa shape index (κ3) is 2.67. The Labute approximate surface area is 117 Å². The maximum absolute atomic E-state index is 12.5. The standard InChI is InChI=1S/C13H20N4O3/c1-8-4-3-5-17(11(8)13(19)20)12(18)10(14)9-6-15-16(2)7-9/h6-8,10-11H,3-5,14H2,1-2H3,(H,19,20). The van der Waals surface area contributed by atoms with Crippen molar-refractivity contribution < 1.29 is 14.7 Å². The fourth-order valence-corrected chi connectivity index (χ4v) is 2.73. The molecule has 1 aromatic heterocycles. The minimum Gasteiger partial charge on any atom is -0.480 e. The molecule has 3 N–H and O–H groups in total. The smallest absolute Gasteiger partial charge is 0.326 e. The topological polar surface area (TPSA) is 101 Å². The van der Waals surface area contributed by atoms with E-state index in [0.717, 1.165) is 12.8 Å². The van der Waals surface area contributed by atoms with Crippen LogP contribution in [0.5, 0.6) is 0 Å². The normalized spacial score (nSPS) is 24.4. The Hall–Kier alpha value is -1.89. The van der Waals surface area contributed by atoms with Crippen LogP contribution in [-0.4, -0.2) is 44.3 Å². The van der Waals surface area contributed by atoms with Gasteiger partial charge in [0.2, 0.25) is 5.91 Å². The number of hydrogen-bond acceptors (Lipinski definition) is 4. The molecular weight excluding hydrogens is 260 g/mol. The lowest BCUT2D eigenvalue weighted by atomic mass is 9.90. The van der Waals surface area contributed by atoms with Crippen LogP contribution in [-0.2, 0) is 16.6 Å². The molecule has 1 amide bonds. The minimum atomic E-state index is -0.969. The Balaban J connectivity index is 2.19. The molecule has 0 spiro atoms. The molecule has 2 rings (SSSR count). The number of nitrogens with two attached hydrogens (primary N) is 1. The molecule has 0 aromatic carbocycles. The number of carbonyl (C=O) groups is 2. The van der Waals surface area contributed by atoms with Gasteiger partial charge in [-0.3, -0.25) is 9.48 Å². The van der Waals surface area contributed by atoms with Crippen molar-refractivity contribution in [1.82, 2.24) is 14.7 Å². The summed E-state index contributed by atoms with van der Waals surface area (Å²) in [5, 5.41) is 13.3. The maximum atomic E-state index is 12.5. The summed E-state index contributed by atoms with van der Waals surface area (Å²) < 4.78 is 1.57. The minimum absolute atomic E-state index is 0.0636. The van der Waals surface area contributed by atoms with Crippen molar-refractivity contribution in [2.24, 2.45) is 18.7 Å². The molecule has 3 atom stereocenters. The molecule has 7 nitrogen and oxygen atoms in total. The number of likely N-dealkylation sites (tertiary alicyclic amines) is 1. The summed E-state index contributed by atoms with van der Waals surface area (Å²) in [7, 11) is 1.74. The number of hydrogen-bond donors (Lipinski definition) is 2. The molecule has 0 bridgehead atoms. The van der Waals surface area contributed by atoms with E-state index in [1.807, 2.05) is 6.92 Å². The lowest BCUT2D eigenvalue weighted by Gasteiger charge is -2.38. The van der Waals surface area contributed by atoms with Crippen molar-refractivity contribution >= 4 is 11.9 Å². The van der Waals surface area contributed by atoms with E-state index in [0.29, 0.717) is 12.1 Å². The molecule has 0 radical (unpaired) electrons. The van der Waals surface area contributed by atoms with Gasteiger partial charge in [-0.2, -0.15) is 5.10 Å². The molecule has 20 heavy (non-hydrogen) atoms. The van der Waals surface area contributed by atoms with Gasteiger partial charge in [0.1, 0.15) is 12.1 Å². The molecule has 1 fully saturated rings. The van der Waals surface area contributed by atoms with Gasteiger partial charge in [-0.1, -0.05) is 6.92 Å². The number of amides is 1. The number of piperidine rings is 1. The lowest BCUT2D eigenvalue weighted by Crippen LogP contribution is -2.54. The predicted molar refractivity (Wildman–Crippen MR) is 71.7 cm³/mol. The molecule has 1 aliphatic heterocycles. The number of rotatable bonds is 3. The summed E-state index contributed by atoms with van der Waals surface area (Å²) in [6.07, 6.45) is 4.82. The van der Waals surface area contributed by atoms with E-state index in [9.17, 15) is 14.7 Å². The van der Waals surface area contributed by atoms with E-state index in [1.165, 1.54) is 11.1 Å². The number of nitrogens with zero attached hydrogens (tertiary/aromatic N) is 3. The quantitative estimate of drug-likeness (QED) is 0.819. The summed E-state index contributed by atoms with van der Waals surface area (Å²) in [5.41, 5.74) is 6.55. The van der Waals surface area contributed by atoms with Gasteiger partial charge < -0.3 is 15.7 Å². The lowest BCUT2D eigenvalue weighted by molar-refractivity contribution is -0.155. The van der Waals surface area contributed by atoms with Crippen LogP contribution in [0.15, 0.2) is 12.4 Å². The van der Waals surface area contributed by atoms with E-state index in [2.05, 4.69) is 5.10 Å². The molecule has 0 aliphatic carbocycles. The van der Waals surface area contributed by atoms with Crippen LogP contribution in [0, 0.1) is 5.92 Å². The predicted octanol–water partition coefficient (Wildman–Crippen LogP) is 0.132. The Kier molecular flexibility index (Phi) is 4.08. The van der Waals surface area contributed by atoms with Crippen LogP contribution in [0.2, 0.25) is 0 Å². The number of carbonyl (C=O) groups excluding carboxylic acids is 1. The zero-order chi connectivity index (χ0) is 14.9. The fraction of sp³-hybridized carbons (Fsp3) is 0.615. The summed E-state index contributed by atoms with van der Waals surface area (Å²) in [4.78, 5) is 25.3. The highest BCUT2D eigenvalue weighted by atomic mass is 16.4. The van der Waals surface area contributed by atoms with Gasteiger partial charge in [-0.15, -0.1) is 0 Å². The monoisotopic (exact) mass is 280 g/mol. The third-order valence-corrected chi connectivity index (χ3v) is 3.82. The third-order valence-electron chi connectivity index (χ3n) is 3.82. The highest BCUT2D eigenvalue weighted by Crippen LogP contribution is 2.26. The molecule has 3 unspecified atom stereocenters. The summed E-state index contributed by atoms with van der Waals surface area (Å²) in [6.45, 7) is 2.29. The van der Waals surface area contributed by atoms with Crippen LogP contribution < -0.4 is 5.73 Å². The Morgan fingerprint density at radius 3 is 2.80 bits per heavy atom. The first-order valence-corrected chi connectivity index (χ1v) is 6.69. The molecule has 0 saturated carbocycles. The van der Waals surface area contributed by atoms with Crippen LogP contribution in [0.3, 0.4) is 0 Å². The van der Waals surface area contributed by atoms with E-state index in [4.69, 9.17) is 5.73 Å². The highest BCUT2D eigenvalue weighted by molar-refractivity contribution is 5.88.